The lowest BCUT2D eigenvalue weighted by Crippen LogP contribution is -2.23. The van der Waals surface area contributed by atoms with Gasteiger partial charge in [-0.2, -0.15) is 17.0 Å². The van der Waals surface area contributed by atoms with Crippen LogP contribution >= 0.6 is 28.6 Å². The number of ether oxygens (including phenoxy) is 1. The zero-order valence-corrected chi connectivity index (χ0v) is 11.5. The molecule has 0 heterocycles. The zero-order valence-electron chi connectivity index (χ0n) is 9.06. The third kappa shape index (κ3) is 3.63. The predicted octanol–water partition coefficient (Wildman–Crippen LogP) is 4.06. The topological polar surface area (TPSA) is 9.23 Å². The highest BCUT2D eigenvalue weighted by atomic mass is 79.9. The van der Waals surface area contributed by atoms with E-state index in [-0.39, 0.29) is 17.8 Å². The quantitative estimate of drug-likeness (QED) is 0.651. The fourth-order valence-corrected chi connectivity index (χ4v) is 1.46. The summed E-state index contributed by atoms with van der Waals surface area (Å²) < 4.78 is 32.1. The van der Waals surface area contributed by atoms with Crippen molar-refractivity contribution in [2.24, 2.45) is 5.41 Å². The van der Waals surface area contributed by atoms with Crippen LogP contribution in [0.2, 0.25) is 0 Å². The maximum absolute atomic E-state index is 13.3. The Morgan fingerprint density at radius 3 is 2.56 bits per heavy atom. The first-order chi connectivity index (χ1) is 7.35. The van der Waals surface area contributed by atoms with Crippen LogP contribution < -0.4 is 4.74 Å². The Hall–Kier alpha value is -0.290. The molecule has 0 bridgehead atoms. The molecule has 0 atom stereocenters. The second-order valence-corrected chi connectivity index (χ2v) is 5.54. The lowest BCUT2D eigenvalue weighted by atomic mass is 9.98. The molecule has 0 aliphatic heterocycles. The van der Waals surface area contributed by atoms with Gasteiger partial charge in [0.1, 0.15) is 0 Å². The fourth-order valence-electron chi connectivity index (χ4n) is 0.956. The van der Waals surface area contributed by atoms with Crippen LogP contribution in [0.1, 0.15) is 13.8 Å². The standard InChI is InChI=1S/C11H13BrF2OS/c1-11(2,6-16)5-15-9-4-7(12)3-8(13)10(9)14/h3-4,16H,5-6H2,1-2H3. The summed E-state index contributed by atoms with van der Waals surface area (Å²) in [7, 11) is 0. The molecule has 0 spiro atoms. The zero-order chi connectivity index (χ0) is 12.3. The van der Waals surface area contributed by atoms with E-state index >= 15 is 0 Å². The van der Waals surface area contributed by atoms with Crippen LogP contribution in [0.25, 0.3) is 0 Å². The molecule has 1 aromatic carbocycles. The molecular formula is C11H13BrF2OS. The Morgan fingerprint density at radius 2 is 2.00 bits per heavy atom. The van der Waals surface area contributed by atoms with Crippen molar-refractivity contribution in [2.45, 2.75) is 13.8 Å². The maximum Gasteiger partial charge on any atom is 0.200 e. The molecule has 0 aliphatic carbocycles. The normalized spacial score (nSPS) is 11.6. The molecule has 0 aromatic heterocycles. The van der Waals surface area contributed by atoms with E-state index in [0.29, 0.717) is 10.2 Å². The van der Waals surface area contributed by atoms with Crippen molar-refractivity contribution in [3.05, 3.63) is 28.2 Å². The Labute approximate surface area is 108 Å². The summed E-state index contributed by atoms with van der Waals surface area (Å²) in [5, 5.41) is 0. The summed E-state index contributed by atoms with van der Waals surface area (Å²) >= 11 is 7.24. The lowest BCUT2D eigenvalue weighted by Gasteiger charge is -2.22. The van der Waals surface area contributed by atoms with Gasteiger partial charge < -0.3 is 4.74 Å². The van der Waals surface area contributed by atoms with Gasteiger partial charge in [0.15, 0.2) is 11.6 Å². The summed E-state index contributed by atoms with van der Waals surface area (Å²) in [4.78, 5) is 0. The van der Waals surface area contributed by atoms with E-state index in [2.05, 4.69) is 28.6 Å². The Morgan fingerprint density at radius 1 is 1.38 bits per heavy atom. The fraction of sp³-hybridized carbons (Fsp3) is 0.455. The number of hydrogen-bond acceptors (Lipinski definition) is 2. The molecule has 0 amide bonds. The number of thiol groups is 1. The van der Waals surface area contributed by atoms with Crippen LogP contribution in [0, 0.1) is 17.0 Å². The first kappa shape index (κ1) is 13.8. The molecule has 0 fully saturated rings. The monoisotopic (exact) mass is 310 g/mol. The van der Waals surface area contributed by atoms with Crippen LogP contribution in [-0.4, -0.2) is 12.4 Å². The van der Waals surface area contributed by atoms with Crippen molar-refractivity contribution in [3.8, 4) is 5.75 Å². The van der Waals surface area contributed by atoms with Crippen LogP contribution in [-0.2, 0) is 0 Å². The van der Waals surface area contributed by atoms with Gasteiger partial charge >= 0.3 is 0 Å². The minimum atomic E-state index is -0.960. The molecule has 0 saturated carbocycles. The third-order valence-electron chi connectivity index (χ3n) is 2.01. The minimum absolute atomic E-state index is 0.0817. The Kier molecular flexibility index (Phi) is 4.62. The van der Waals surface area contributed by atoms with Gasteiger partial charge in [-0.25, -0.2) is 4.39 Å². The summed E-state index contributed by atoms with van der Waals surface area (Å²) in [5.74, 6) is -1.36. The number of hydrogen-bond donors (Lipinski definition) is 1. The second-order valence-electron chi connectivity index (χ2n) is 4.31. The predicted molar refractivity (Wildman–Crippen MR) is 67.2 cm³/mol. The van der Waals surface area contributed by atoms with Crippen molar-refractivity contribution in [1.82, 2.24) is 0 Å². The second kappa shape index (κ2) is 5.36. The Balaban J connectivity index is 2.82. The molecule has 1 rings (SSSR count). The molecule has 1 aromatic rings. The van der Waals surface area contributed by atoms with Gasteiger partial charge in [-0.1, -0.05) is 29.8 Å². The molecule has 1 nitrogen and oxygen atoms in total. The number of halogens is 3. The van der Waals surface area contributed by atoms with Crippen molar-refractivity contribution in [1.29, 1.82) is 0 Å². The SMILES string of the molecule is CC(C)(CS)COc1cc(Br)cc(F)c1F. The van der Waals surface area contributed by atoms with Gasteiger partial charge in [0.2, 0.25) is 5.82 Å². The summed E-state index contributed by atoms with van der Waals surface area (Å²) in [6, 6.07) is 2.47. The van der Waals surface area contributed by atoms with Gasteiger partial charge in [0.25, 0.3) is 0 Å². The van der Waals surface area contributed by atoms with E-state index in [0.717, 1.165) is 6.07 Å². The first-order valence-electron chi connectivity index (χ1n) is 4.74. The number of rotatable bonds is 4. The third-order valence-corrected chi connectivity index (χ3v) is 3.32. The van der Waals surface area contributed by atoms with Crippen LogP contribution in [0.5, 0.6) is 5.75 Å². The van der Waals surface area contributed by atoms with Crippen molar-refractivity contribution < 1.29 is 13.5 Å². The van der Waals surface area contributed by atoms with E-state index in [4.69, 9.17) is 4.74 Å². The molecule has 5 heteroatoms. The Bertz CT molecular complexity index is 382. The molecule has 0 saturated heterocycles. The minimum Gasteiger partial charge on any atom is -0.490 e. The molecule has 90 valence electrons. The van der Waals surface area contributed by atoms with Gasteiger partial charge in [0, 0.05) is 9.89 Å². The highest BCUT2D eigenvalue weighted by molar-refractivity contribution is 9.10. The van der Waals surface area contributed by atoms with E-state index in [1.54, 1.807) is 0 Å². The van der Waals surface area contributed by atoms with Crippen LogP contribution in [0.4, 0.5) is 8.78 Å². The van der Waals surface area contributed by atoms with Gasteiger partial charge in [-0.05, 0) is 17.9 Å². The average molecular weight is 311 g/mol. The highest BCUT2D eigenvalue weighted by Crippen LogP contribution is 2.27. The molecule has 0 radical (unpaired) electrons. The van der Waals surface area contributed by atoms with Gasteiger partial charge in [0.05, 0.1) is 6.61 Å². The maximum atomic E-state index is 13.3. The summed E-state index contributed by atoms with van der Waals surface area (Å²) in [6.45, 7) is 4.15. The molecule has 0 N–H and O–H groups in total. The van der Waals surface area contributed by atoms with Gasteiger partial charge in [-0.3, -0.25) is 0 Å². The first-order valence-corrected chi connectivity index (χ1v) is 6.16. The smallest absolute Gasteiger partial charge is 0.200 e. The number of benzene rings is 1. The van der Waals surface area contributed by atoms with E-state index in [1.165, 1.54) is 6.07 Å². The highest BCUT2D eigenvalue weighted by Gasteiger charge is 2.19. The molecule has 0 aliphatic rings. The molecule has 0 unspecified atom stereocenters. The van der Waals surface area contributed by atoms with E-state index in [1.807, 2.05) is 13.8 Å². The average Bonchev–Trinajstić information content (AvgIpc) is 2.21. The lowest BCUT2D eigenvalue weighted by molar-refractivity contribution is 0.193. The molecule has 16 heavy (non-hydrogen) atoms. The largest absolute Gasteiger partial charge is 0.490 e. The van der Waals surface area contributed by atoms with Crippen LogP contribution in [0.15, 0.2) is 16.6 Å². The molecular weight excluding hydrogens is 298 g/mol. The van der Waals surface area contributed by atoms with Crippen molar-refractivity contribution in [2.75, 3.05) is 12.4 Å². The van der Waals surface area contributed by atoms with Gasteiger partial charge in [-0.15, -0.1) is 0 Å². The van der Waals surface area contributed by atoms with Crippen molar-refractivity contribution >= 4 is 28.6 Å². The summed E-state index contributed by atoms with van der Waals surface area (Å²) in [6.07, 6.45) is 0. The van der Waals surface area contributed by atoms with Crippen LogP contribution in [0.3, 0.4) is 0 Å². The van der Waals surface area contributed by atoms with E-state index < -0.39 is 11.6 Å². The van der Waals surface area contributed by atoms with E-state index in [9.17, 15) is 8.78 Å². The summed E-state index contributed by atoms with van der Waals surface area (Å²) in [5.41, 5.74) is -0.186. The van der Waals surface area contributed by atoms with Crippen molar-refractivity contribution in [3.63, 3.8) is 0 Å².